The van der Waals surface area contributed by atoms with Crippen LogP contribution in [-0.4, -0.2) is 28.5 Å². The summed E-state index contributed by atoms with van der Waals surface area (Å²) >= 11 is 0. The molecule has 1 aromatic rings. The number of nitrogens with zero attached hydrogens (tertiary/aromatic N) is 1. The molecule has 0 spiro atoms. The van der Waals surface area contributed by atoms with Crippen LogP contribution < -0.4 is 5.73 Å². The third-order valence-electron chi connectivity index (χ3n) is 3.52. The van der Waals surface area contributed by atoms with Crippen molar-refractivity contribution in [2.75, 3.05) is 6.54 Å². The molecule has 0 fully saturated rings. The van der Waals surface area contributed by atoms with Gasteiger partial charge in [0, 0.05) is 13.1 Å². The predicted molar refractivity (Wildman–Crippen MR) is 70.0 cm³/mol. The molecule has 4 heteroatoms. The maximum absolute atomic E-state index is 12.2. The molecule has 0 aliphatic carbocycles. The number of carbonyl (C=O) groups excluding carboxylic acids is 1. The Labute approximate surface area is 107 Å². The van der Waals surface area contributed by atoms with Gasteiger partial charge in [-0.3, -0.25) is 4.79 Å². The Balaban J connectivity index is 2.14. The van der Waals surface area contributed by atoms with Crippen molar-refractivity contribution in [3.05, 3.63) is 29.3 Å². The van der Waals surface area contributed by atoms with Gasteiger partial charge in [-0.1, -0.05) is 19.9 Å². The minimum atomic E-state index is -0.441. The summed E-state index contributed by atoms with van der Waals surface area (Å²) in [5, 5.41) is 9.48. The Bertz CT molecular complexity index is 457. The summed E-state index contributed by atoms with van der Waals surface area (Å²) in [5.74, 6) is 0.387. The first kappa shape index (κ1) is 12.9. The average Bonchev–Trinajstić information content (AvgIpc) is 2.35. The molecule has 1 atom stereocenters. The van der Waals surface area contributed by atoms with Crippen molar-refractivity contribution in [3.8, 4) is 5.75 Å². The predicted octanol–water partition coefficient (Wildman–Crippen LogP) is 1.26. The van der Waals surface area contributed by atoms with Crippen LogP contribution in [0.1, 0.15) is 25.0 Å². The molecule has 0 aromatic heterocycles. The van der Waals surface area contributed by atoms with E-state index in [0.717, 1.165) is 12.0 Å². The maximum atomic E-state index is 12.2. The largest absolute Gasteiger partial charge is 0.508 e. The van der Waals surface area contributed by atoms with Crippen LogP contribution >= 0.6 is 0 Å². The van der Waals surface area contributed by atoms with E-state index in [1.165, 1.54) is 5.56 Å². The zero-order valence-corrected chi connectivity index (χ0v) is 10.9. The molecular weight excluding hydrogens is 228 g/mol. The van der Waals surface area contributed by atoms with E-state index in [0.29, 0.717) is 13.1 Å². The smallest absolute Gasteiger partial charge is 0.240 e. The molecule has 1 aromatic carbocycles. The van der Waals surface area contributed by atoms with Gasteiger partial charge in [-0.05, 0) is 35.6 Å². The van der Waals surface area contributed by atoms with E-state index in [9.17, 15) is 9.90 Å². The molecule has 0 unspecified atom stereocenters. The van der Waals surface area contributed by atoms with E-state index >= 15 is 0 Å². The minimum Gasteiger partial charge on any atom is -0.508 e. The fourth-order valence-corrected chi connectivity index (χ4v) is 2.23. The Morgan fingerprint density at radius 3 is 2.78 bits per heavy atom. The standard InChI is InChI=1S/C14H20N2O2/c1-9(2)13(15)14(18)16-6-5-10-3-4-12(17)7-11(10)8-16/h3-4,7,9,13,17H,5-6,8,15H2,1-2H3/t13-/m1/s1. The van der Waals surface area contributed by atoms with Gasteiger partial charge < -0.3 is 15.7 Å². The first-order chi connectivity index (χ1) is 8.49. The van der Waals surface area contributed by atoms with E-state index in [-0.39, 0.29) is 17.6 Å². The molecule has 2 rings (SSSR count). The van der Waals surface area contributed by atoms with Gasteiger partial charge in [-0.25, -0.2) is 0 Å². The number of phenols is 1. The number of benzene rings is 1. The number of amides is 1. The lowest BCUT2D eigenvalue weighted by atomic mass is 9.97. The van der Waals surface area contributed by atoms with Crippen molar-refractivity contribution in [1.82, 2.24) is 4.90 Å². The van der Waals surface area contributed by atoms with Crippen LogP contribution in [0.2, 0.25) is 0 Å². The Morgan fingerprint density at radius 1 is 1.39 bits per heavy atom. The molecule has 1 heterocycles. The number of hydrogen-bond acceptors (Lipinski definition) is 3. The molecule has 0 saturated heterocycles. The number of phenolic OH excluding ortho intramolecular Hbond substituents is 1. The lowest BCUT2D eigenvalue weighted by Crippen LogP contribution is -2.48. The van der Waals surface area contributed by atoms with Crippen LogP contribution in [0.25, 0.3) is 0 Å². The lowest BCUT2D eigenvalue weighted by molar-refractivity contribution is -0.134. The molecule has 18 heavy (non-hydrogen) atoms. The third kappa shape index (κ3) is 2.48. The number of nitrogens with two attached hydrogens (primary N) is 1. The van der Waals surface area contributed by atoms with Gasteiger partial charge in [0.05, 0.1) is 6.04 Å². The highest BCUT2D eigenvalue weighted by atomic mass is 16.3. The monoisotopic (exact) mass is 248 g/mol. The topological polar surface area (TPSA) is 66.6 Å². The summed E-state index contributed by atoms with van der Waals surface area (Å²) in [6.45, 7) is 5.15. The van der Waals surface area contributed by atoms with Crippen molar-refractivity contribution in [3.63, 3.8) is 0 Å². The van der Waals surface area contributed by atoms with Crippen LogP contribution in [-0.2, 0) is 17.8 Å². The normalized spacial score (nSPS) is 16.6. The molecule has 0 radical (unpaired) electrons. The number of hydrogen-bond donors (Lipinski definition) is 2. The zero-order chi connectivity index (χ0) is 13.3. The van der Waals surface area contributed by atoms with Crippen molar-refractivity contribution < 1.29 is 9.90 Å². The van der Waals surface area contributed by atoms with Crippen molar-refractivity contribution in [2.45, 2.75) is 32.9 Å². The molecule has 3 N–H and O–H groups in total. The lowest BCUT2D eigenvalue weighted by Gasteiger charge is -2.31. The van der Waals surface area contributed by atoms with E-state index in [4.69, 9.17) is 5.73 Å². The highest BCUT2D eigenvalue weighted by Crippen LogP contribution is 2.23. The Hall–Kier alpha value is -1.55. The summed E-state index contributed by atoms with van der Waals surface area (Å²) < 4.78 is 0. The SMILES string of the molecule is CC(C)[C@@H](N)C(=O)N1CCc2ccc(O)cc2C1. The van der Waals surface area contributed by atoms with Crippen LogP contribution in [0.15, 0.2) is 18.2 Å². The highest BCUT2D eigenvalue weighted by Gasteiger charge is 2.26. The summed E-state index contributed by atoms with van der Waals surface area (Å²) in [6, 6.07) is 4.91. The maximum Gasteiger partial charge on any atom is 0.240 e. The van der Waals surface area contributed by atoms with Crippen LogP contribution in [0.5, 0.6) is 5.75 Å². The van der Waals surface area contributed by atoms with Crippen LogP contribution in [0.4, 0.5) is 0 Å². The molecular formula is C14H20N2O2. The Morgan fingerprint density at radius 2 is 2.11 bits per heavy atom. The van der Waals surface area contributed by atoms with Gasteiger partial charge in [0.2, 0.25) is 5.91 Å². The van der Waals surface area contributed by atoms with Crippen molar-refractivity contribution in [2.24, 2.45) is 11.7 Å². The van der Waals surface area contributed by atoms with Gasteiger partial charge in [-0.15, -0.1) is 0 Å². The molecule has 98 valence electrons. The van der Waals surface area contributed by atoms with E-state index in [1.54, 1.807) is 17.0 Å². The number of fused-ring (bicyclic) bond motifs is 1. The van der Waals surface area contributed by atoms with E-state index in [1.807, 2.05) is 19.9 Å². The molecule has 1 amide bonds. The summed E-state index contributed by atoms with van der Waals surface area (Å²) in [5.41, 5.74) is 8.12. The second-order valence-electron chi connectivity index (χ2n) is 5.23. The van der Waals surface area contributed by atoms with Crippen LogP contribution in [0, 0.1) is 5.92 Å². The number of aromatic hydroxyl groups is 1. The number of rotatable bonds is 2. The first-order valence-corrected chi connectivity index (χ1v) is 6.34. The highest BCUT2D eigenvalue weighted by molar-refractivity contribution is 5.82. The van der Waals surface area contributed by atoms with Gasteiger partial charge >= 0.3 is 0 Å². The summed E-state index contributed by atoms with van der Waals surface area (Å²) in [6.07, 6.45) is 0.826. The molecule has 0 bridgehead atoms. The molecule has 1 aliphatic heterocycles. The quantitative estimate of drug-likeness (QED) is 0.828. The fraction of sp³-hybridized carbons (Fsp3) is 0.500. The zero-order valence-electron chi connectivity index (χ0n) is 10.9. The molecule has 4 nitrogen and oxygen atoms in total. The van der Waals surface area contributed by atoms with Crippen LogP contribution in [0.3, 0.4) is 0 Å². The molecule has 0 saturated carbocycles. The minimum absolute atomic E-state index is 0.000933. The average molecular weight is 248 g/mol. The molecule has 1 aliphatic rings. The third-order valence-corrected chi connectivity index (χ3v) is 3.52. The Kier molecular flexibility index (Phi) is 3.57. The van der Waals surface area contributed by atoms with Gasteiger partial charge in [0.15, 0.2) is 0 Å². The van der Waals surface area contributed by atoms with E-state index in [2.05, 4.69) is 0 Å². The fourth-order valence-electron chi connectivity index (χ4n) is 2.23. The first-order valence-electron chi connectivity index (χ1n) is 6.34. The van der Waals surface area contributed by atoms with Crippen molar-refractivity contribution in [1.29, 1.82) is 0 Å². The summed E-state index contributed by atoms with van der Waals surface area (Å²) in [4.78, 5) is 14.0. The van der Waals surface area contributed by atoms with Crippen molar-refractivity contribution >= 4 is 5.91 Å². The second-order valence-corrected chi connectivity index (χ2v) is 5.23. The van der Waals surface area contributed by atoms with Gasteiger partial charge in [0.1, 0.15) is 5.75 Å². The van der Waals surface area contributed by atoms with Gasteiger partial charge in [-0.2, -0.15) is 0 Å². The van der Waals surface area contributed by atoms with Gasteiger partial charge in [0.25, 0.3) is 0 Å². The summed E-state index contributed by atoms with van der Waals surface area (Å²) in [7, 11) is 0. The van der Waals surface area contributed by atoms with E-state index < -0.39 is 6.04 Å². The number of carbonyl (C=O) groups is 1. The second kappa shape index (κ2) is 4.98.